The molecule has 20 heavy (non-hydrogen) atoms. The first kappa shape index (κ1) is 16.7. The van der Waals surface area contributed by atoms with Crippen LogP contribution in [-0.2, 0) is 15.7 Å². The molecule has 0 aromatic heterocycles. The summed E-state index contributed by atoms with van der Waals surface area (Å²) in [7, 11) is 0. The zero-order chi connectivity index (χ0) is 15.4. The Morgan fingerprint density at radius 2 is 1.60 bits per heavy atom. The molecule has 0 aliphatic heterocycles. The molecular formula is C17H27NO2. The summed E-state index contributed by atoms with van der Waals surface area (Å²) in [6.07, 6.45) is 1.07. The normalized spacial score (nSPS) is 14.8. The van der Waals surface area contributed by atoms with Crippen molar-refractivity contribution in [3.63, 3.8) is 0 Å². The molecule has 0 aliphatic rings. The van der Waals surface area contributed by atoms with Gasteiger partial charge < -0.3 is 10.4 Å². The summed E-state index contributed by atoms with van der Waals surface area (Å²) in [5, 5.41) is 12.5. The quantitative estimate of drug-likeness (QED) is 0.834. The van der Waals surface area contributed by atoms with Crippen LogP contribution in [0.4, 0.5) is 0 Å². The molecule has 0 saturated carbocycles. The zero-order valence-corrected chi connectivity index (χ0v) is 13.3. The number of nitrogens with one attached hydrogen (secondary N) is 1. The lowest BCUT2D eigenvalue weighted by molar-refractivity contribution is -0.138. The molecule has 2 N–H and O–H groups in total. The van der Waals surface area contributed by atoms with Crippen LogP contribution in [0.2, 0.25) is 0 Å². The van der Waals surface area contributed by atoms with Crippen LogP contribution in [0.15, 0.2) is 24.3 Å². The van der Waals surface area contributed by atoms with E-state index in [2.05, 4.69) is 45.1 Å². The largest absolute Gasteiger partial charge is 0.481 e. The summed E-state index contributed by atoms with van der Waals surface area (Å²) < 4.78 is 0. The first-order valence-electron chi connectivity index (χ1n) is 7.27. The van der Waals surface area contributed by atoms with E-state index in [1.54, 1.807) is 0 Å². The Bertz CT molecular complexity index is 445. The minimum absolute atomic E-state index is 0.0852. The molecule has 0 bridgehead atoms. The highest BCUT2D eigenvalue weighted by atomic mass is 16.4. The average Bonchev–Trinajstić information content (AvgIpc) is 2.35. The molecule has 0 saturated heterocycles. The molecule has 1 rings (SSSR count). The predicted molar refractivity (Wildman–Crippen MR) is 83.0 cm³/mol. The van der Waals surface area contributed by atoms with Crippen molar-refractivity contribution in [1.82, 2.24) is 5.32 Å². The summed E-state index contributed by atoms with van der Waals surface area (Å²) in [6.45, 7) is 11.4. The van der Waals surface area contributed by atoms with Gasteiger partial charge in [-0.2, -0.15) is 0 Å². The lowest BCUT2D eigenvalue weighted by Gasteiger charge is -2.31. The Kier molecular flexibility index (Phi) is 5.35. The Balaban J connectivity index is 3.05. The minimum atomic E-state index is -0.781. The van der Waals surface area contributed by atoms with Crippen LogP contribution in [0.3, 0.4) is 0 Å². The number of hydrogen-bond donors (Lipinski definition) is 2. The lowest BCUT2D eigenvalue weighted by Crippen LogP contribution is -2.41. The lowest BCUT2D eigenvalue weighted by atomic mass is 9.83. The Morgan fingerprint density at radius 1 is 1.10 bits per heavy atom. The minimum Gasteiger partial charge on any atom is -0.481 e. The summed E-state index contributed by atoms with van der Waals surface area (Å²) in [5.41, 5.74) is 1.88. The van der Waals surface area contributed by atoms with Crippen LogP contribution in [0, 0.1) is 0 Å². The number of carboxylic acids is 1. The third-order valence-electron chi connectivity index (χ3n) is 3.66. The Hall–Kier alpha value is -1.35. The fourth-order valence-electron chi connectivity index (χ4n) is 2.31. The highest BCUT2D eigenvalue weighted by Gasteiger charge is 2.29. The maximum atomic E-state index is 11.1. The number of carbonyl (C=O) groups is 1. The van der Waals surface area contributed by atoms with E-state index < -0.39 is 11.5 Å². The van der Waals surface area contributed by atoms with Crippen molar-refractivity contribution in [3.8, 4) is 0 Å². The standard InChI is InChI=1S/C17H27NO2/c1-6-11-18-17(5,12-15(19)20)14-9-7-13(8-10-14)16(2,3)4/h7-10,18H,6,11-12H2,1-5H3,(H,19,20). The maximum absolute atomic E-state index is 11.1. The molecule has 0 radical (unpaired) electrons. The Morgan fingerprint density at radius 3 is 2.00 bits per heavy atom. The molecule has 3 nitrogen and oxygen atoms in total. The molecule has 1 aromatic rings. The van der Waals surface area contributed by atoms with E-state index in [0.29, 0.717) is 0 Å². The van der Waals surface area contributed by atoms with E-state index in [1.807, 2.05) is 19.1 Å². The van der Waals surface area contributed by atoms with Crippen molar-refractivity contribution < 1.29 is 9.90 Å². The zero-order valence-electron chi connectivity index (χ0n) is 13.3. The van der Waals surface area contributed by atoms with Crippen molar-refractivity contribution in [2.75, 3.05) is 6.54 Å². The molecule has 0 heterocycles. The van der Waals surface area contributed by atoms with Gasteiger partial charge in [-0.15, -0.1) is 0 Å². The number of rotatable bonds is 6. The molecular weight excluding hydrogens is 250 g/mol. The maximum Gasteiger partial charge on any atom is 0.305 e. The van der Waals surface area contributed by atoms with E-state index in [1.165, 1.54) is 5.56 Å². The van der Waals surface area contributed by atoms with Crippen molar-refractivity contribution in [1.29, 1.82) is 0 Å². The van der Waals surface area contributed by atoms with Gasteiger partial charge in [0, 0.05) is 0 Å². The molecule has 0 fully saturated rings. The van der Waals surface area contributed by atoms with E-state index in [4.69, 9.17) is 5.11 Å². The summed E-state index contributed by atoms with van der Waals surface area (Å²) in [4.78, 5) is 11.1. The van der Waals surface area contributed by atoms with Crippen molar-refractivity contribution in [2.24, 2.45) is 0 Å². The SMILES string of the molecule is CCCNC(C)(CC(=O)O)c1ccc(C(C)(C)C)cc1. The number of aliphatic carboxylic acids is 1. The fraction of sp³-hybridized carbons (Fsp3) is 0.588. The van der Waals surface area contributed by atoms with E-state index >= 15 is 0 Å². The molecule has 0 spiro atoms. The van der Waals surface area contributed by atoms with Gasteiger partial charge in [0.1, 0.15) is 0 Å². The van der Waals surface area contributed by atoms with Crippen molar-refractivity contribution in [2.45, 2.75) is 58.4 Å². The number of hydrogen-bond acceptors (Lipinski definition) is 2. The number of benzene rings is 1. The smallest absolute Gasteiger partial charge is 0.305 e. The highest BCUT2D eigenvalue weighted by Crippen LogP contribution is 2.28. The van der Waals surface area contributed by atoms with Crippen molar-refractivity contribution >= 4 is 5.97 Å². The van der Waals surface area contributed by atoms with Gasteiger partial charge in [-0.3, -0.25) is 4.79 Å². The van der Waals surface area contributed by atoms with E-state index in [0.717, 1.165) is 18.5 Å². The van der Waals surface area contributed by atoms with Crippen LogP contribution >= 0.6 is 0 Å². The van der Waals surface area contributed by atoms with E-state index in [9.17, 15) is 4.79 Å². The molecule has 0 amide bonds. The molecule has 0 aliphatic carbocycles. The average molecular weight is 277 g/mol. The monoisotopic (exact) mass is 277 g/mol. The van der Waals surface area contributed by atoms with Gasteiger partial charge in [0.2, 0.25) is 0 Å². The fourth-order valence-corrected chi connectivity index (χ4v) is 2.31. The van der Waals surface area contributed by atoms with Gasteiger partial charge in [-0.25, -0.2) is 0 Å². The van der Waals surface area contributed by atoms with Gasteiger partial charge in [0.15, 0.2) is 0 Å². The van der Waals surface area contributed by atoms with Gasteiger partial charge in [-0.1, -0.05) is 52.0 Å². The Labute approximate surface area is 122 Å². The van der Waals surface area contributed by atoms with Crippen LogP contribution < -0.4 is 5.32 Å². The van der Waals surface area contributed by atoms with E-state index in [-0.39, 0.29) is 11.8 Å². The van der Waals surface area contributed by atoms with Gasteiger partial charge >= 0.3 is 5.97 Å². The molecule has 1 aromatic carbocycles. The first-order chi connectivity index (χ1) is 9.19. The van der Waals surface area contributed by atoms with Gasteiger partial charge in [-0.05, 0) is 36.4 Å². The van der Waals surface area contributed by atoms with Gasteiger partial charge in [0.05, 0.1) is 12.0 Å². The summed E-state index contributed by atoms with van der Waals surface area (Å²) in [6, 6.07) is 8.30. The predicted octanol–water partition coefficient (Wildman–Crippen LogP) is 3.67. The third kappa shape index (κ3) is 4.34. The molecule has 1 atom stereocenters. The van der Waals surface area contributed by atoms with Crippen LogP contribution in [0.5, 0.6) is 0 Å². The third-order valence-corrected chi connectivity index (χ3v) is 3.66. The highest BCUT2D eigenvalue weighted by molar-refractivity contribution is 5.68. The molecule has 3 heteroatoms. The molecule has 1 unspecified atom stereocenters. The summed E-state index contributed by atoms with van der Waals surface area (Å²) >= 11 is 0. The topological polar surface area (TPSA) is 49.3 Å². The van der Waals surface area contributed by atoms with Gasteiger partial charge in [0.25, 0.3) is 0 Å². The molecule has 112 valence electrons. The van der Waals surface area contributed by atoms with Crippen LogP contribution in [-0.4, -0.2) is 17.6 Å². The second kappa shape index (κ2) is 6.40. The summed E-state index contributed by atoms with van der Waals surface area (Å²) in [5.74, 6) is -0.781. The first-order valence-corrected chi connectivity index (χ1v) is 7.27. The van der Waals surface area contributed by atoms with Crippen LogP contribution in [0.25, 0.3) is 0 Å². The van der Waals surface area contributed by atoms with Crippen LogP contribution in [0.1, 0.15) is 58.6 Å². The second-order valence-corrected chi connectivity index (χ2v) is 6.66. The van der Waals surface area contributed by atoms with Crippen molar-refractivity contribution in [3.05, 3.63) is 35.4 Å². The number of carboxylic acid groups (broad SMARTS) is 1. The second-order valence-electron chi connectivity index (χ2n) is 6.66.